The van der Waals surface area contributed by atoms with E-state index in [2.05, 4.69) is 26.3 Å². The van der Waals surface area contributed by atoms with Gasteiger partial charge in [-0.3, -0.25) is 29.0 Å². The maximum absolute atomic E-state index is 12.7. The molecule has 0 radical (unpaired) electrons. The molecule has 36 heavy (non-hydrogen) atoms. The maximum Gasteiger partial charge on any atom is 0.243 e. The molecule has 0 aromatic rings. The van der Waals surface area contributed by atoms with Crippen molar-refractivity contribution in [3.63, 3.8) is 0 Å². The fraction of sp³-hybridized carbons (Fsp3) is 0.727. The summed E-state index contributed by atoms with van der Waals surface area (Å²) in [5.41, 5.74) is 21.7. The van der Waals surface area contributed by atoms with Crippen LogP contribution in [0.25, 0.3) is 0 Å². The number of carbonyl (C=O) groups excluding carboxylic acids is 5. The van der Waals surface area contributed by atoms with E-state index < -0.39 is 60.8 Å². The zero-order valence-corrected chi connectivity index (χ0v) is 21.6. The number of guanidine groups is 1. The Kier molecular flexibility index (Phi) is 15.5. The van der Waals surface area contributed by atoms with Crippen LogP contribution in [0.2, 0.25) is 0 Å². The van der Waals surface area contributed by atoms with Crippen molar-refractivity contribution in [1.29, 1.82) is 0 Å². The molecule has 0 saturated carbocycles. The van der Waals surface area contributed by atoms with Crippen molar-refractivity contribution in [1.82, 2.24) is 21.3 Å². The fourth-order valence-corrected chi connectivity index (χ4v) is 3.02. The number of hydrogen-bond donors (Lipinski definition) is 8. The van der Waals surface area contributed by atoms with Gasteiger partial charge in [-0.15, -0.1) is 0 Å². The number of carbonyl (C=O) groups is 5. The molecule has 206 valence electrons. The number of hydrogen-bond acceptors (Lipinski definition) is 7. The van der Waals surface area contributed by atoms with Crippen LogP contribution in [0, 0.1) is 11.8 Å². The van der Waals surface area contributed by atoms with E-state index in [9.17, 15) is 24.0 Å². The third-order valence-corrected chi connectivity index (χ3v) is 5.85. The Hall–Kier alpha value is -3.42. The lowest BCUT2D eigenvalue weighted by Crippen LogP contribution is -2.56. The normalized spacial score (nSPS) is 14.8. The summed E-state index contributed by atoms with van der Waals surface area (Å²) in [5.74, 6) is -3.33. The SMILES string of the molecule is CC[C@H](C)[C@H](N)C(=O)N[C@H](C(=O)NCC(=O)NCC(=O)N[C@@H](CCCN=C(N)N)C(N)=O)[C@@H](C)CC. The van der Waals surface area contributed by atoms with E-state index in [1.807, 2.05) is 20.8 Å². The topological polar surface area (TPSA) is 250 Å². The molecule has 12 N–H and O–H groups in total. The van der Waals surface area contributed by atoms with Crippen molar-refractivity contribution in [2.45, 2.75) is 71.5 Å². The van der Waals surface area contributed by atoms with Crippen LogP contribution >= 0.6 is 0 Å². The molecule has 0 saturated heterocycles. The van der Waals surface area contributed by atoms with Crippen molar-refractivity contribution in [3.05, 3.63) is 0 Å². The van der Waals surface area contributed by atoms with Gasteiger partial charge in [0.25, 0.3) is 0 Å². The Morgan fingerprint density at radius 2 is 1.39 bits per heavy atom. The van der Waals surface area contributed by atoms with Crippen LogP contribution in [0.3, 0.4) is 0 Å². The second-order valence-electron chi connectivity index (χ2n) is 8.75. The Morgan fingerprint density at radius 3 is 1.92 bits per heavy atom. The predicted octanol–water partition coefficient (Wildman–Crippen LogP) is -2.85. The molecule has 0 heterocycles. The van der Waals surface area contributed by atoms with Crippen molar-refractivity contribution < 1.29 is 24.0 Å². The number of aliphatic imine (C=N–C) groups is 1. The third-order valence-electron chi connectivity index (χ3n) is 5.85. The number of nitrogens with two attached hydrogens (primary N) is 4. The van der Waals surface area contributed by atoms with Crippen LogP contribution in [0.1, 0.15) is 53.4 Å². The average molecular weight is 514 g/mol. The average Bonchev–Trinajstić information content (AvgIpc) is 2.84. The van der Waals surface area contributed by atoms with Gasteiger partial charge in [0.15, 0.2) is 5.96 Å². The van der Waals surface area contributed by atoms with E-state index in [0.29, 0.717) is 19.3 Å². The van der Waals surface area contributed by atoms with Gasteiger partial charge in [0.1, 0.15) is 12.1 Å². The first-order valence-electron chi connectivity index (χ1n) is 12.1. The largest absolute Gasteiger partial charge is 0.370 e. The quantitative estimate of drug-likeness (QED) is 0.0569. The van der Waals surface area contributed by atoms with E-state index in [-0.39, 0.29) is 30.8 Å². The fourth-order valence-electron chi connectivity index (χ4n) is 3.02. The van der Waals surface area contributed by atoms with E-state index >= 15 is 0 Å². The lowest BCUT2D eigenvalue weighted by molar-refractivity contribution is -0.132. The minimum absolute atomic E-state index is 0.0602. The molecule has 0 aliphatic heterocycles. The first-order chi connectivity index (χ1) is 16.8. The Labute approximate surface area is 212 Å². The van der Waals surface area contributed by atoms with Crippen molar-refractivity contribution in [2.24, 2.45) is 39.8 Å². The van der Waals surface area contributed by atoms with E-state index in [4.69, 9.17) is 22.9 Å². The molecule has 0 aromatic heterocycles. The van der Waals surface area contributed by atoms with Gasteiger partial charge < -0.3 is 44.2 Å². The first-order valence-corrected chi connectivity index (χ1v) is 12.1. The molecule has 0 aromatic carbocycles. The van der Waals surface area contributed by atoms with Gasteiger partial charge in [-0.05, 0) is 24.7 Å². The monoisotopic (exact) mass is 513 g/mol. The second-order valence-corrected chi connectivity index (χ2v) is 8.75. The van der Waals surface area contributed by atoms with Crippen LogP contribution in [-0.2, 0) is 24.0 Å². The molecule has 0 bridgehead atoms. The highest BCUT2D eigenvalue weighted by atomic mass is 16.2. The summed E-state index contributed by atoms with van der Waals surface area (Å²) < 4.78 is 0. The van der Waals surface area contributed by atoms with Gasteiger partial charge in [-0.1, -0.05) is 40.5 Å². The van der Waals surface area contributed by atoms with E-state index in [0.717, 1.165) is 0 Å². The van der Waals surface area contributed by atoms with Gasteiger partial charge in [-0.25, -0.2) is 0 Å². The standard InChI is InChI=1S/C22H43N9O5/c1-5-12(3)17(23)20(35)31-18(13(4)6-2)21(36)29-10-15(32)28-11-16(33)30-14(19(24)34)8-7-9-27-22(25)26/h12-14,17-18H,5-11,23H2,1-4H3,(H2,24,34)(H,28,32)(H,29,36)(H,30,33)(H,31,35)(H4,25,26,27)/t12-,13-,14-,17-,18-/m0/s1. The highest BCUT2D eigenvalue weighted by Crippen LogP contribution is 2.10. The first kappa shape index (κ1) is 32.6. The minimum Gasteiger partial charge on any atom is -0.370 e. The van der Waals surface area contributed by atoms with Crippen molar-refractivity contribution >= 4 is 35.5 Å². The molecule has 5 amide bonds. The summed E-state index contributed by atoms with van der Waals surface area (Å²) in [5, 5.41) is 9.92. The van der Waals surface area contributed by atoms with Crippen LogP contribution < -0.4 is 44.2 Å². The predicted molar refractivity (Wildman–Crippen MR) is 136 cm³/mol. The highest BCUT2D eigenvalue weighted by molar-refractivity contribution is 5.93. The molecule has 0 aliphatic rings. The molecule has 0 fully saturated rings. The van der Waals surface area contributed by atoms with Crippen LogP contribution in [0.5, 0.6) is 0 Å². The van der Waals surface area contributed by atoms with Gasteiger partial charge in [0.05, 0.1) is 19.1 Å². The van der Waals surface area contributed by atoms with Gasteiger partial charge >= 0.3 is 0 Å². The summed E-state index contributed by atoms with van der Waals surface area (Å²) in [7, 11) is 0. The van der Waals surface area contributed by atoms with Crippen LogP contribution in [0.15, 0.2) is 4.99 Å². The molecule has 0 spiro atoms. The zero-order valence-electron chi connectivity index (χ0n) is 21.6. The van der Waals surface area contributed by atoms with Crippen LogP contribution in [-0.4, -0.2) is 73.3 Å². The van der Waals surface area contributed by atoms with Gasteiger partial charge in [0, 0.05) is 6.54 Å². The maximum atomic E-state index is 12.7. The van der Waals surface area contributed by atoms with Crippen molar-refractivity contribution in [2.75, 3.05) is 19.6 Å². The summed E-state index contributed by atoms with van der Waals surface area (Å²) in [6, 6.07) is -2.58. The Bertz CT molecular complexity index is 786. The molecule has 0 rings (SSSR count). The lowest BCUT2D eigenvalue weighted by atomic mass is 9.95. The number of nitrogens with zero attached hydrogens (tertiary/aromatic N) is 1. The second kappa shape index (κ2) is 17.1. The van der Waals surface area contributed by atoms with Crippen LogP contribution in [0.4, 0.5) is 0 Å². The molecular weight excluding hydrogens is 470 g/mol. The highest BCUT2D eigenvalue weighted by Gasteiger charge is 2.29. The molecular formula is C22H43N9O5. The molecule has 14 heteroatoms. The summed E-state index contributed by atoms with van der Waals surface area (Å²) in [4.78, 5) is 64.7. The molecule has 14 nitrogen and oxygen atoms in total. The zero-order chi connectivity index (χ0) is 27.8. The number of nitrogens with one attached hydrogen (secondary N) is 4. The summed E-state index contributed by atoms with van der Waals surface area (Å²) in [6.45, 7) is 6.86. The van der Waals surface area contributed by atoms with Gasteiger partial charge in [0.2, 0.25) is 29.5 Å². The summed E-state index contributed by atoms with van der Waals surface area (Å²) >= 11 is 0. The minimum atomic E-state index is -0.954. The number of amides is 5. The van der Waals surface area contributed by atoms with Crippen molar-refractivity contribution in [3.8, 4) is 0 Å². The molecule has 0 aliphatic carbocycles. The number of primary amides is 1. The molecule has 5 atom stereocenters. The number of rotatable bonds is 17. The Balaban J connectivity index is 4.71. The van der Waals surface area contributed by atoms with Gasteiger partial charge in [-0.2, -0.15) is 0 Å². The lowest BCUT2D eigenvalue weighted by Gasteiger charge is -2.26. The smallest absolute Gasteiger partial charge is 0.243 e. The van der Waals surface area contributed by atoms with E-state index in [1.165, 1.54) is 0 Å². The molecule has 0 unspecified atom stereocenters. The van der Waals surface area contributed by atoms with E-state index in [1.54, 1.807) is 6.92 Å². The Morgan fingerprint density at radius 1 is 0.806 bits per heavy atom. The third kappa shape index (κ3) is 12.9. The summed E-state index contributed by atoms with van der Waals surface area (Å²) in [6.07, 6.45) is 1.93.